The van der Waals surface area contributed by atoms with Gasteiger partial charge in [0.15, 0.2) is 5.82 Å². The van der Waals surface area contributed by atoms with Crippen LogP contribution in [0.5, 0.6) is 0 Å². The van der Waals surface area contributed by atoms with Crippen LogP contribution in [0, 0.1) is 0 Å². The molecule has 3 heterocycles. The summed E-state index contributed by atoms with van der Waals surface area (Å²) < 4.78 is 0. The molecule has 4 aromatic rings. The lowest BCUT2D eigenvalue weighted by Gasteiger charge is -2.22. The molecule has 0 atom stereocenters. The molecular formula is C22H19N5O. The Hall–Kier alpha value is -3.54. The van der Waals surface area contributed by atoms with Crippen LogP contribution >= 0.6 is 0 Å². The molecule has 0 aliphatic heterocycles. The number of hydrogen-bond donors (Lipinski definition) is 1. The maximum atomic E-state index is 13.2. The Bertz CT molecular complexity index is 1120. The van der Waals surface area contributed by atoms with Gasteiger partial charge in [0.05, 0.1) is 11.0 Å². The fourth-order valence-corrected chi connectivity index (χ4v) is 3.37. The van der Waals surface area contributed by atoms with Gasteiger partial charge < -0.3 is 9.88 Å². The monoisotopic (exact) mass is 369 g/mol. The van der Waals surface area contributed by atoms with E-state index < -0.39 is 0 Å². The van der Waals surface area contributed by atoms with Gasteiger partial charge in [-0.05, 0) is 60.9 Å². The summed E-state index contributed by atoms with van der Waals surface area (Å²) in [4.78, 5) is 31.5. The zero-order chi connectivity index (χ0) is 18.9. The molecule has 3 aromatic heterocycles. The van der Waals surface area contributed by atoms with Gasteiger partial charge in [-0.2, -0.15) is 0 Å². The van der Waals surface area contributed by atoms with E-state index in [1.165, 1.54) is 0 Å². The zero-order valence-electron chi connectivity index (χ0n) is 15.2. The molecule has 28 heavy (non-hydrogen) atoms. The number of amides is 1. The molecular weight excluding hydrogens is 350 g/mol. The van der Waals surface area contributed by atoms with Crippen LogP contribution in [-0.4, -0.2) is 36.8 Å². The average molecular weight is 369 g/mol. The highest BCUT2D eigenvalue weighted by Crippen LogP contribution is 2.30. The van der Waals surface area contributed by atoms with Crippen molar-refractivity contribution in [3.63, 3.8) is 0 Å². The Balaban J connectivity index is 1.45. The van der Waals surface area contributed by atoms with E-state index in [2.05, 4.69) is 19.9 Å². The predicted molar refractivity (Wildman–Crippen MR) is 106 cm³/mol. The number of nitrogens with zero attached hydrogens (tertiary/aromatic N) is 4. The summed E-state index contributed by atoms with van der Waals surface area (Å²) in [5.41, 5.74) is 4.21. The van der Waals surface area contributed by atoms with Crippen LogP contribution in [0.3, 0.4) is 0 Å². The number of pyridine rings is 2. The number of aromatic nitrogens is 4. The number of benzene rings is 1. The molecule has 138 valence electrons. The molecule has 5 rings (SSSR count). The SMILES string of the molecule is O=C(c1ccc2nc(-c3ccccn3)[nH]c2c1)N(Cc1ccncc1)C1CC1. The van der Waals surface area contributed by atoms with E-state index in [0.29, 0.717) is 24.0 Å². The molecule has 1 aliphatic rings. The second kappa shape index (κ2) is 6.88. The van der Waals surface area contributed by atoms with E-state index in [0.717, 1.165) is 35.1 Å². The third-order valence-electron chi connectivity index (χ3n) is 4.99. The molecule has 1 amide bonds. The van der Waals surface area contributed by atoms with Gasteiger partial charge >= 0.3 is 0 Å². The summed E-state index contributed by atoms with van der Waals surface area (Å²) in [6, 6.07) is 15.6. The first-order valence-electron chi connectivity index (χ1n) is 9.39. The maximum absolute atomic E-state index is 13.2. The highest BCUT2D eigenvalue weighted by atomic mass is 16.2. The summed E-state index contributed by atoms with van der Waals surface area (Å²) in [5, 5.41) is 0. The molecule has 1 fully saturated rings. The van der Waals surface area contributed by atoms with E-state index in [1.54, 1.807) is 18.6 Å². The van der Waals surface area contributed by atoms with E-state index >= 15 is 0 Å². The van der Waals surface area contributed by atoms with Crippen LogP contribution in [0.1, 0.15) is 28.8 Å². The van der Waals surface area contributed by atoms with E-state index in [9.17, 15) is 4.79 Å². The highest BCUT2D eigenvalue weighted by Gasteiger charge is 2.33. The van der Waals surface area contributed by atoms with Gasteiger partial charge in [0.2, 0.25) is 0 Å². The predicted octanol–water partition coefficient (Wildman–Crippen LogP) is 3.82. The molecule has 1 aliphatic carbocycles. The minimum absolute atomic E-state index is 0.0511. The second-order valence-electron chi connectivity index (χ2n) is 7.05. The number of H-pyrrole nitrogens is 1. The van der Waals surface area contributed by atoms with Gasteiger partial charge in [-0.25, -0.2) is 4.98 Å². The summed E-state index contributed by atoms with van der Waals surface area (Å²) in [6.07, 6.45) is 7.39. The third kappa shape index (κ3) is 3.24. The van der Waals surface area contributed by atoms with Crippen LogP contribution in [0.2, 0.25) is 0 Å². The lowest BCUT2D eigenvalue weighted by Crippen LogP contribution is -2.32. The van der Waals surface area contributed by atoms with Crippen LogP contribution < -0.4 is 0 Å². The van der Waals surface area contributed by atoms with Crippen molar-refractivity contribution in [1.29, 1.82) is 0 Å². The van der Waals surface area contributed by atoms with Crippen molar-refractivity contribution in [2.24, 2.45) is 0 Å². The van der Waals surface area contributed by atoms with Crippen molar-refractivity contribution in [2.45, 2.75) is 25.4 Å². The highest BCUT2D eigenvalue weighted by molar-refractivity contribution is 5.98. The fraction of sp³-hybridized carbons (Fsp3) is 0.182. The first-order valence-corrected chi connectivity index (χ1v) is 9.39. The molecule has 6 heteroatoms. The van der Waals surface area contributed by atoms with Crippen molar-refractivity contribution in [3.05, 3.63) is 78.2 Å². The van der Waals surface area contributed by atoms with Crippen molar-refractivity contribution < 1.29 is 4.79 Å². The molecule has 1 N–H and O–H groups in total. The molecule has 0 saturated heterocycles. The number of carbonyl (C=O) groups excluding carboxylic acids is 1. The van der Waals surface area contributed by atoms with Gasteiger partial charge in [0, 0.05) is 36.7 Å². The maximum Gasteiger partial charge on any atom is 0.254 e. The average Bonchev–Trinajstić information content (AvgIpc) is 3.50. The minimum atomic E-state index is 0.0511. The van der Waals surface area contributed by atoms with E-state index in [1.807, 2.05) is 53.4 Å². The molecule has 1 aromatic carbocycles. The van der Waals surface area contributed by atoms with Crippen LogP contribution in [0.15, 0.2) is 67.1 Å². The quantitative estimate of drug-likeness (QED) is 0.580. The van der Waals surface area contributed by atoms with E-state index in [-0.39, 0.29) is 5.91 Å². The number of hydrogen-bond acceptors (Lipinski definition) is 4. The Morgan fingerprint density at radius 2 is 1.93 bits per heavy atom. The Kier molecular flexibility index (Phi) is 4.09. The lowest BCUT2D eigenvalue weighted by atomic mass is 10.1. The summed E-state index contributed by atoms with van der Waals surface area (Å²) in [7, 11) is 0. The topological polar surface area (TPSA) is 74.8 Å². The van der Waals surface area contributed by atoms with Crippen LogP contribution in [0.4, 0.5) is 0 Å². The minimum Gasteiger partial charge on any atom is -0.337 e. The number of aromatic amines is 1. The van der Waals surface area contributed by atoms with Gasteiger partial charge in [-0.15, -0.1) is 0 Å². The summed E-state index contributed by atoms with van der Waals surface area (Å²) >= 11 is 0. The van der Waals surface area contributed by atoms with E-state index in [4.69, 9.17) is 0 Å². The molecule has 6 nitrogen and oxygen atoms in total. The van der Waals surface area contributed by atoms with Crippen LogP contribution in [0.25, 0.3) is 22.6 Å². The standard InChI is InChI=1S/C22H19N5O/c28-22(27(17-5-6-17)14-15-8-11-23-12-9-15)16-4-7-18-20(13-16)26-21(25-18)19-3-1-2-10-24-19/h1-4,7-13,17H,5-6,14H2,(H,25,26). The molecule has 0 spiro atoms. The molecule has 1 saturated carbocycles. The zero-order valence-corrected chi connectivity index (χ0v) is 15.2. The number of imidazole rings is 1. The Morgan fingerprint density at radius 3 is 2.68 bits per heavy atom. The normalized spacial score (nSPS) is 13.6. The summed E-state index contributed by atoms with van der Waals surface area (Å²) in [5.74, 6) is 0.756. The first kappa shape index (κ1) is 16.6. The number of nitrogens with one attached hydrogen (secondary N) is 1. The molecule has 0 bridgehead atoms. The second-order valence-corrected chi connectivity index (χ2v) is 7.05. The Morgan fingerprint density at radius 1 is 1.07 bits per heavy atom. The number of carbonyl (C=O) groups is 1. The smallest absolute Gasteiger partial charge is 0.254 e. The number of fused-ring (bicyclic) bond motifs is 1. The lowest BCUT2D eigenvalue weighted by molar-refractivity contribution is 0.0730. The van der Waals surface area contributed by atoms with Gasteiger partial charge in [-0.1, -0.05) is 6.07 Å². The Labute approximate surface area is 162 Å². The van der Waals surface area contributed by atoms with Gasteiger partial charge in [0.1, 0.15) is 5.69 Å². The molecule has 0 unspecified atom stereocenters. The largest absolute Gasteiger partial charge is 0.337 e. The van der Waals surface area contributed by atoms with Crippen molar-refractivity contribution in [2.75, 3.05) is 0 Å². The van der Waals surface area contributed by atoms with Crippen molar-refractivity contribution in [3.8, 4) is 11.5 Å². The van der Waals surface area contributed by atoms with Crippen molar-refractivity contribution >= 4 is 16.9 Å². The van der Waals surface area contributed by atoms with Crippen LogP contribution in [-0.2, 0) is 6.54 Å². The first-order chi connectivity index (χ1) is 13.8. The number of rotatable bonds is 5. The van der Waals surface area contributed by atoms with Gasteiger partial charge in [0.25, 0.3) is 5.91 Å². The molecule has 0 radical (unpaired) electrons. The fourth-order valence-electron chi connectivity index (χ4n) is 3.37. The van der Waals surface area contributed by atoms with Crippen molar-refractivity contribution in [1.82, 2.24) is 24.8 Å². The third-order valence-corrected chi connectivity index (χ3v) is 4.99. The summed E-state index contributed by atoms with van der Waals surface area (Å²) in [6.45, 7) is 0.603. The van der Waals surface area contributed by atoms with Gasteiger partial charge in [-0.3, -0.25) is 14.8 Å².